The zero-order valence-electron chi connectivity index (χ0n) is 12.7. The van der Waals surface area contributed by atoms with Gasteiger partial charge < -0.3 is 15.2 Å². The van der Waals surface area contributed by atoms with Crippen molar-refractivity contribution in [1.29, 1.82) is 0 Å². The average Bonchev–Trinajstić information content (AvgIpc) is 3.01. The number of nitrogens with one attached hydrogen (secondary N) is 2. The molecule has 1 amide bonds. The second kappa shape index (κ2) is 5.91. The van der Waals surface area contributed by atoms with Gasteiger partial charge in [0.05, 0.1) is 6.54 Å². The normalized spacial score (nSPS) is 17.0. The molecule has 20 heavy (non-hydrogen) atoms. The van der Waals surface area contributed by atoms with E-state index < -0.39 is 0 Å². The maximum Gasteiger partial charge on any atom is 0.248 e. The monoisotopic (exact) mass is 280 g/mol. The number of rotatable bonds is 6. The van der Waals surface area contributed by atoms with Gasteiger partial charge in [0.25, 0.3) is 0 Å². The molecule has 1 aromatic heterocycles. The Bertz CT molecular complexity index is 460. The van der Waals surface area contributed by atoms with Gasteiger partial charge in [-0.25, -0.2) is 0 Å². The Balaban J connectivity index is 1.79. The molecule has 1 heterocycles. The van der Waals surface area contributed by atoms with E-state index in [1.54, 1.807) is 0 Å². The molecule has 0 saturated heterocycles. The van der Waals surface area contributed by atoms with Crippen molar-refractivity contribution in [3.8, 4) is 0 Å². The summed E-state index contributed by atoms with van der Waals surface area (Å²) in [6.45, 7) is 9.17. The third-order valence-corrected chi connectivity index (χ3v) is 3.28. The minimum Gasteiger partial charge on any atom is -0.343 e. The molecule has 112 valence electrons. The second-order valence-electron chi connectivity index (χ2n) is 6.57. The zero-order valence-corrected chi connectivity index (χ0v) is 12.7. The van der Waals surface area contributed by atoms with E-state index >= 15 is 0 Å². The summed E-state index contributed by atoms with van der Waals surface area (Å²) >= 11 is 0. The van der Waals surface area contributed by atoms with Gasteiger partial charge in [-0.3, -0.25) is 4.79 Å². The number of amides is 1. The molecule has 1 unspecified atom stereocenters. The summed E-state index contributed by atoms with van der Waals surface area (Å²) in [5, 5.41) is 9.97. The van der Waals surface area contributed by atoms with E-state index in [1.807, 2.05) is 27.7 Å². The van der Waals surface area contributed by atoms with Gasteiger partial charge in [-0.05, 0) is 32.2 Å². The summed E-state index contributed by atoms with van der Waals surface area (Å²) in [4.78, 5) is 16.1. The third kappa shape index (κ3) is 4.30. The standard InChI is InChI=1S/C14H24N4O2/c1-9(12-17-13(18-20-12)14(2,3)4)16-11(19)8-15-7-10-5-6-10/h9-10,15H,5-8H2,1-4H3,(H,16,19). The van der Waals surface area contributed by atoms with E-state index in [2.05, 4.69) is 20.8 Å². The Kier molecular flexibility index (Phi) is 4.42. The van der Waals surface area contributed by atoms with E-state index in [0.717, 1.165) is 12.5 Å². The maximum atomic E-state index is 11.8. The van der Waals surface area contributed by atoms with Gasteiger partial charge in [0.15, 0.2) is 5.82 Å². The Labute approximate surface area is 119 Å². The van der Waals surface area contributed by atoms with Crippen LogP contribution in [0.3, 0.4) is 0 Å². The smallest absolute Gasteiger partial charge is 0.248 e. The molecular formula is C14H24N4O2. The predicted molar refractivity (Wildman–Crippen MR) is 75.1 cm³/mol. The molecular weight excluding hydrogens is 256 g/mol. The number of carbonyl (C=O) groups excluding carboxylic acids is 1. The van der Waals surface area contributed by atoms with Gasteiger partial charge in [0, 0.05) is 5.41 Å². The molecule has 1 aliphatic rings. The molecule has 2 rings (SSSR count). The fourth-order valence-electron chi connectivity index (χ4n) is 1.78. The van der Waals surface area contributed by atoms with Gasteiger partial charge >= 0.3 is 0 Å². The van der Waals surface area contributed by atoms with Crippen molar-refractivity contribution in [2.45, 2.75) is 52.0 Å². The van der Waals surface area contributed by atoms with Gasteiger partial charge in [-0.15, -0.1) is 0 Å². The van der Waals surface area contributed by atoms with Crippen LogP contribution in [0.4, 0.5) is 0 Å². The number of hydrogen-bond acceptors (Lipinski definition) is 5. The van der Waals surface area contributed by atoms with Crippen LogP contribution in [0.1, 0.15) is 58.3 Å². The number of aromatic nitrogens is 2. The van der Waals surface area contributed by atoms with Crippen LogP contribution in [0.5, 0.6) is 0 Å². The van der Waals surface area contributed by atoms with Gasteiger partial charge in [0.1, 0.15) is 6.04 Å². The summed E-state index contributed by atoms with van der Waals surface area (Å²) in [5.74, 6) is 1.82. The molecule has 1 saturated carbocycles. The summed E-state index contributed by atoms with van der Waals surface area (Å²) in [5.41, 5.74) is -0.155. The van der Waals surface area contributed by atoms with Crippen molar-refractivity contribution >= 4 is 5.91 Å². The summed E-state index contributed by atoms with van der Waals surface area (Å²) in [6, 6.07) is -0.270. The number of nitrogens with zero attached hydrogens (tertiary/aromatic N) is 2. The van der Waals surface area contributed by atoms with Crippen LogP contribution in [-0.4, -0.2) is 29.1 Å². The largest absolute Gasteiger partial charge is 0.343 e. The minimum atomic E-state index is -0.270. The number of carbonyl (C=O) groups is 1. The molecule has 2 N–H and O–H groups in total. The summed E-state index contributed by atoms with van der Waals surface area (Å²) in [6.07, 6.45) is 2.56. The van der Waals surface area contributed by atoms with E-state index in [-0.39, 0.29) is 17.4 Å². The van der Waals surface area contributed by atoms with Gasteiger partial charge in [-0.2, -0.15) is 4.98 Å². The SMILES string of the molecule is CC(NC(=O)CNCC1CC1)c1nc(C(C)(C)C)no1. The first kappa shape index (κ1) is 15.0. The highest BCUT2D eigenvalue weighted by Gasteiger charge is 2.24. The minimum absolute atomic E-state index is 0.0475. The van der Waals surface area contributed by atoms with E-state index in [4.69, 9.17) is 4.52 Å². The molecule has 6 nitrogen and oxygen atoms in total. The quantitative estimate of drug-likeness (QED) is 0.826. The van der Waals surface area contributed by atoms with Gasteiger partial charge in [0.2, 0.25) is 11.8 Å². The molecule has 0 radical (unpaired) electrons. The fourth-order valence-corrected chi connectivity index (χ4v) is 1.78. The molecule has 1 atom stereocenters. The van der Waals surface area contributed by atoms with E-state index in [9.17, 15) is 4.79 Å². The van der Waals surface area contributed by atoms with E-state index in [1.165, 1.54) is 12.8 Å². The Morgan fingerprint density at radius 3 is 2.70 bits per heavy atom. The first-order valence-corrected chi connectivity index (χ1v) is 7.20. The molecule has 0 aliphatic heterocycles. The lowest BCUT2D eigenvalue weighted by Gasteiger charge is -2.12. The van der Waals surface area contributed by atoms with Crippen LogP contribution in [-0.2, 0) is 10.2 Å². The zero-order chi connectivity index (χ0) is 14.8. The second-order valence-corrected chi connectivity index (χ2v) is 6.57. The highest BCUT2D eigenvalue weighted by atomic mass is 16.5. The Morgan fingerprint density at radius 1 is 1.45 bits per heavy atom. The van der Waals surface area contributed by atoms with Crippen LogP contribution in [0, 0.1) is 5.92 Å². The maximum absolute atomic E-state index is 11.8. The van der Waals surface area contributed by atoms with Crippen molar-refractivity contribution in [3.63, 3.8) is 0 Å². The average molecular weight is 280 g/mol. The van der Waals surface area contributed by atoms with Crippen LogP contribution >= 0.6 is 0 Å². The molecule has 0 aromatic carbocycles. The van der Waals surface area contributed by atoms with Crippen molar-refractivity contribution in [3.05, 3.63) is 11.7 Å². The van der Waals surface area contributed by atoms with Crippen molar-refractivity contribution < 1.29 is 9.32 Å². The molecule has 1 fully saturated rings. The summed E-state index contributed by atoms with van der Waals surface area (Å²) in [7, 11) is 0. The summed E-state index contributed by atoms with van der Waals surface area (Å²) < 4.78 is 5.21. The lowest BCUT2D eigenvalue weighted by atomic mass is 9.96. The van der Waals surface area contributed by atoms with Crippen LogP contribution in [0.2, 0.25) is 0 Å². The Morgan fingerprint density at radius 2 is 2.15 bits per heavy atom. The van der Waals surface area contributed by atoms with Crippen molar-refractivity contribution in [2.75, 3.05) is 13.1 Å². The van der Waals surface area contributed by atoms with Gasteiger partial charge in [-0.1, -0.05) is 25.9 Å². The van der Waals surface area contributed by atoms with Crippen molar-refractivity contribution in [1.82, 2.24) is 20.8 Å². The lowest BCUT2D eigenvalue weighted by Crippen LogP contribution is -2.36. The highest BCUT2D eigenvalue weighted by Crippen LogP contribution is 2.27. The predicted octanol–water partition coefficient (Wildman–Crippen LogP) is 1.54. The first-order valence-electron chi connectivity index (χ1n) is 7.20. The molecule has 0 bridgehead atoms. The number of hydrogen-bond donors (Lipinski definition) is 2. The molecule has 1 aliphatic carbocycles. The third-order valence-electron chi connectivity index (χ3n) is 3.28. The molecule has 0 spiro atoms. The molecule has 6 heteroatoms. The fraction of sp³-hybridized carbons (Fsp3) is 0.786. The topological polar surface area (TPSA) is 80.0 Å². The highest BCUT2D eigenvalue weighted by molar-refractivity contribution is 5.78. The molecule has 1 aromatic rings. The lowest BCUT2D eigenvalue weighted by molar-refractivity contribution is -0.121. The van der Waals surface area contributed by atoms with Crippen LogP contribution in [0.25, 0.3) is 0 Å². The Hall–Kier alpha value is -1.43. The van der Waals surface area contributed by atoms with Crippen LogP contribution in [0.15, 0.2) is 4.52 Å². The first-order chi connectivity index (χ1) is 9.36. The van der Waals surface area contributed by atoms with Crippen molar-refractivity contribution in [2.24, 2.45) is 5.92 Å². The van der Waals surface area contributed by atoms with Crippen LogP contribution < -0.4 is 10.6 Å². The van der Waals surface area contributed by atoms with E-state index in [0.29, 0.717) is 18.3 Å².